The molecule has 0 radical (unpaired) electrons. The fourth-order valence-electron chi connectivity index (χ4n) is 1.36. The molecule has 0 aliphatic carbocycles. The number of aliphatic imine (C=N–C) groups is 1. The highest BCUT2D eigenvalue weighted by Crippen LogP contribution is 2.15. The third-order valence-electron chi connectivity index (χ3n) is 2.32. The molecular formula is C15H16FN. The maximum atomic E-state index is 13.4. The Morgan fingerprint density at radius 1 is 1.29 bits per heavy atom. The Balaban J connectivity index is 3.09. The highest BCUT2D eigenvalue weighted by molar-refractivity contribution is 5.81. The molecule has 1 aromatic carbocycles. The van der Waals surface area contributed by atoms with Gasteiger partial charge in [0.25, 0.3) is 0 Å². The molecule has 0 amide bonds. The summed E-state index contributed by atoms with van der Waals surface area (Å²) in [7, 11) is 0. The van der Waals surface area contributed by atoms with Gasteiger partial charge in [0.2, 0.25) is 0 Å². The summed E-state index contributed by atoms with van der Waals surface area (Å²) in [6, 6.07) is 6.51. The van der Waals surface area contributed by atoms with Gasteiger partial charge < -0.3 is 0 Å². The van der Waals surface area contributed by atoms with E-state index < -0.39 is 0 Å². The third kappa shape index (κ3) is 3.52. The lowest BCUT2D eigenvalue weighted by atomic mass is 10.1. The summed E-state index contributed by atoms with van der Waals surface area (Å²) in [4.78, 5) is 4.27. The molecule has 0 atom stereocenters. The lowest BCUT2D eigenvalue weighted by molar-refractivity contribution is 0.626. The van der Waals surface area contributed by atoms with E-state index in [-0.39, 0.29) is 5.82 Å². The van der Waals surface area contributed by atoms with Crippen LogP contribution in [-0.4, -0.2) is 6.21 Å². The summed E-state index contributed by atoms with van der Waals surface area (Å²) in [5.41, 5.74) is 2.95. The van der Waals surface area contributed by atoms with Crippen molar-refractivity contribution >= 4 is 6.21 Å². The summed E-state index contributed by atoms with van der Waals surface area (Å²) >= 11 is 0. The molecule has 88 valence electrons. The fraction of sp³-hybridized carbons (Fsp3) is 0.133. The Morgan fingerprint density at radius 3 is 2.47 bits per heavy atom. The van der Waals surface area contributed by atoms with Crippen molar-refractivity contribution in [2.45, 2.75) is 13.8 Å². The number of allylic oxidation sites excluding steroid dienone is 3. The summed E-state index contributed by atoms with van der Waals surface area (Å²) < 4.78 is 13.4. The number of hydrogen-bond donors (Lipinski definition) is 0. The van der Waals surface area contributed by atoms with E-state index in [0.717, 1.165) is 16.8 Å². The summed E-state index contributed by atoms with van der Waals surface area (Å²) in [6.45, 7) is 11.3. The van der Waals surface area contributed by atoms with Gasteiger partial charge in [-0.05, 0) is 31.1 Å². The van der Waals surface area contributed by atoms with Gasteiger partial charge in [-0.3, -0.25) is 4.99 Å². The molecule has 1 rings (SSSR count). The minimum atomic E-state index is -0.284. The molecule has 1 nitrogen and oxygen atoms in total. The summed E-state index contributed by atoms with van der Waals surface area (Å²) in [6.07, 6.45) is 3.22. The number of benzene rings is 1. The number of halogens is 1. The van der Waals surface area contributed by atoms with Crippen molar-refractivity contribution in [2.24, 2.45) is 4.99 Å². The molecule has 0 saturated heterocycles. The van der Waals surface area contributed by atoms with Crippen LogP contribution in [0, 0.1) is 5.82 Å². The molecule has 0 heterocycles. The summed E-state index contributed by atoms with van der Waals surface area (Å²) in [5.74, 6) is -0.284. The highest BCUT2D eigenvalue weighted by Gasteiger charge is 2.00. The van der Waals surface area contributed by atoms with Crippen LogP contribution in [0.2, 0.25) is 0 Å². The van der Waals surface area contributed by atoms with E-state index in [2.05, 4.69) is 18.2 Å². The second-order valence-corrected chi connectivity index (χ2v) is 3.80. The second-order valence-electron chi connectivity index (χ2n) is 3.80. The Morgan fingerprint density at radius 2 is 1.94 bits per heavy atom. The van der Waals surface area contributed by atoms with Crippen LogP contribution < -0.4 is 0 Å². The van der Waals surface area contributed by atoms with Gasteiger partial charge in [-0.15, -0.1) is 0 Å². The Kier molecular flexibility index (Phi) is 4.58. The van der Waals surface area contributed by atoms with Crippen LogP contribution in [0.3, 0.4) is 0 Å². The van der Waals surface area contributed by atoms with Crippen molar-refractivity contribution in [2.75, 3.05) is 0 Å². The molecule has 0 aliphatic rings. The molecule has 0 spiro atoms. The first-order valence-electron chi connectivity index (χ1n) is 5.34. The standard InChI is InChI=1S/C15H16FN/c1-5-12(4)15(11(2)3)17-10-13-8-6-7-9-14(13)16/h5-10H,1-2H2,3-4H3/b15-12+,17-10?. The maximum absolute atomic E-state index is 13.4. The Bertz CT molecular complexity index is 495. The number of nitrogens with zero attached hydrogens (tertiary/aromatic N) is 1. The molecule has 0 N–H and O–H groups in total. The molecule has 0 bridgehead atoms. The molecule has 0 unspecified atom stereocenters. The zero-order valence-electron chi connectivity index (χ0n) is 10.2. The summed E-state index contributed by atoms with van der Waals surface area (Å²) in [5, 5.41) is 0. The molecule has 17 heavy (non-hydrogen) atoms. The van der Waals surface area contributed by atoms with Crippen LogP contribution >= 0.6 is 0 Å². The smallest absolute Gasteiger partial charge is 0.131 e. The van der Waals surface area contributed by atoms with Crippen molar-refractivity contribution in [3.05, 3.63) is 71.7 Å². The van der Waals surface area contributed by atoms with Crippen molar-refractivity contribution in [3.8, 4) is 0 Å². The van der Waals surface area contributed by atoms with Crippen LogP contribution in [0.25, 0.3) is 0 Å². The van der Waals surface area contributed by atoms with Crippen LogP contribution in [0.4, 0.5) is 4.39 Å². The van der Waals surface area contributed by atoms with E-state index in [1.807, 2.05) is 13.8 Å². The molecule has 1 aromatic rings. The molecule has 0 aliphatic heterocycles. The lowest BCUT2D eigenvalue weighted by Crippen LogP contribution is -1.90. The van der Waals surface area contributed by atoms with Crippen molar-refractivity contribution in [3.63, 3.8) is 0 Å². The Hall–Kier alpha value is -1.96. The first kappa shape index (κ1) is 13.1. The minimum Gasteiger partial charge on any atom is -0.256 e. The number of hydrogen-bond acceptors (Lipinski definition) is 1. The average molecular weight is 229 g/mol. The van der Waals surface area contributed by atoms with Gasteiger partial charge in [0.15, 0.2) is 0 Å². The molecule has 0 saturated carbocycles. The molecule has 0 fully saturated rings. The monoisotopic (exact) mass is 229 g/mol. The Labute approximate surface area is 102 Å². The predicted molar refractivity (Wildman–Crippen MR) is 71.7 cm³/mol. The van der Waals surface area contributed by atoms with Gasteiger partial charge >= 0.3 is 0 Å². The maximum Gasteiger partial charge on any atom is 0.131 e. The zero-order chi connectivity index (χ0) is 12.8. The van der Waals surface area contributed by atoms with Crippen LogP contribution in [-0.2, 0) is 0 Å². The van der Waals surface area contributed by atoms with Gasteiger partial charge in [-0.25, -0.2) is 4.39 Å². The highest BCUT2D eigenvalue weighted by atomic mass is 19.1. The van der Waals surface area contributed by atoms with Crippen molar-refractivity contribution in [1.82, 2.24) is 0 Å². The lowest BCUT2D eigenvalue weighted by Gasteiger charge is -2.03. The quantitative estimate of drug-likeness (QED) is 0.539. The van der Waals surface area contributed by atoms with Crippen LogP contribution in [0.15, 0.2) is 65.3 Å². The normalized spacial score (nSPS) is 12.4. The average Bonchev–Trinajstić information content (AvgIpc) is 2.30. The largest absolute Gasteiger partial charge is 0.256 e. The number of rotatable bonds is 4. The van der Waals surface area contributed by atoms with Gasteiger partial charge in [0.1, 0.15) is 5.82 Å². The molecule has 0 aromatic heterocycles. The van der Waals surface area contributed by atoms with E-state index in [1.165, 1.54) is 12.3 Å². The minimum absolute atomic E-state index is 0.284. The SMILES string of the molecule is C=C/C(C)=C(/N=Cc1ccccc1F)C(=C)C. The van der Waals surface area contributed by atoms with Crippen molar-refractivity contribution in [1.29, 1.82) is 0 Å². The molecular weight excluding hydrogens is 213 g/mol. The first-order chi connectivity index (χ1) is 8.06. The topological polar surface area (TPSA) is 12.4 Å². The second kappa shape index (κ2) is 5.94. The molecule has 2 heteroatoms. The van der Waals surface area contributed by atoms with E-state index in [9.17, 15) is 4.39 Å². The van der Waals surface area contributed by atoms with Crippen LogP contribution in [0.1, 0.15) is 19.4 Å². The van der Waals surface area contributed by atoms with E-state index in [4.69, 9.17) is 0 Å². The van der Waals surface area contributed by atoms with E-state index in [0.29, 0.717) is 5.56 Å². The van der Waals surface area contributed by atoms with E-state index in [1.54, 1.807) is 24.3 Å². The zero-order valence-corrected chi connectivity index (χ0v) is 10.2. The van der Waals surface area contributed by atoms with Crippen LogP contribution in [0.5, 0.6) is 0 Å². The predicted octanol–water partition coefficient (Wildman–Crippen LogP) is 4.28. The van der Waals surface area contributed by atoms with Crippen molar-refractivity contribution < 1.29 is 4.39 Å². The van der Waals surface area contributed by atoms with Gasteiger partial charge in [-0.1, -0.05) is 37.4 Å². The van der Waals surface area contributed by atoms with E-state index >= 15 is 0 Å². The fourth-order valence-corrected chi connectivity index (χ4v) is 1.36. The first-order valence-corrected chi connectivity index (χ1v) is 5.34. The van der Waals surface area contributed by atoms with Gasteiger partial charge in [0, 0.05) is 11.8 Å². The van der Waals surface area contributed by atoms with Gasteiger partial charge in [-0.2, -0.15) is 0 Å². The third-order valence-corrected chi connectivity index (χ3v) is 2.32. The van der Waals surface area contributed by atoms with Gasteiger partial charge in [0.05, 0.1) is 5.70 Å².